The number of anilines is 1. The van der Waals surface area contributed by atoms with Crippen LogP contribution in [0, 0.1) is 5.92 Å². The molecule has 0 bridgehead atoms. The summed E-state index contributed by atoms with van der Waals surface area (Å²) in [6.07, 6.45) is 2.67. The molecule has 1 unspecified atom stereocenters. The molecule has 1 atom stereocenters. The number of nitrogens with zero attached hydrogens (tertiary/aromatic N) is 1. The molecule has 1 aromatic rings. The lowest BCUT2D eigenvalue weighted by atomic mass is 10.1. The number of benzene rings is 1. The van der Waals surface area contributed by atoms with Crippen LogP contribution >= 0.6 is 11.6 Å². The topological polar surface area (TPSA) is 24.5 Å². The maximum atomic E-state index is 6.54. The molecule has 2 rings (SSSR count). The van der Waals surface area contributed by atoms with E-state index < -0.39 is 0 Å². The number of halogens is 1. The van der Waals surface area contributed by atoms with E-state index in [1.54, 1.807) is 7.11 Å². The molecule has 1 fully saturated rings. The van der Waals surface area contributed by atoms with Gasteiger partial charge in [0.15, 0.2) is 0 Å². The van der Waals surface area contributed by atoms with Crippen molar-refractivity contribution < 1.29 is 4.74 Å². The van der Waals surface area contributed by atoms with Gasteiger partial charge in [-0.1, -0.05) is 24.6 Å². The van der Waals surface area contributed by atoms with Crippen LogP contribution in [0.1, 0.15) is 32.3 Å². The maximum Gasteiger partial charge on any atom is 0.0642 e. The zero-order valence-electron chi connectivity index (χ0n) is 13.4. The minimum absolute atomic E-state index is 0.525. The van der Waals surface area contributed by atoms with E-state index in [2.05, 4.69) is 42.3 Å². The number of nitrogens with one attached hydrogen (secondary N) is 1. The third-order valence-corrected chi connectivity index (χ3v) is 4.54. The van der Waals surface area contributed by atoms with Gasteiger partial charge in [0.05, 0.1) is 17.3 Å². The zero-order valence-corrected chi connectivity index (χ0v) is 14.1. The van der Waals surface area contributed by atoms with Crippen molar-refractivity contribution in [2.45, 2.75) is 39.3 Å². The van der Waals surface area contributed by atoms with Gasteiger partial charge in [0.2, 0.25) is 0 Å². The van der Waals surface area contributed by atoms with Gasteiger partial charge in [-0.25, -0.2) is 0 Å². The predicted molar refractivity (Wildman–Crippen MR) is 90.2 cm³/mol. The molecule has 1 saturated carbocycles. The molecule has 0 saturated heterocycles. The van der Waals surface area contributed by atoms with Crippen molar-refractivity contribution >= 4 is 17.3 Å². The average molecular weight is 311 g/mol. The molecule has 118 valence electrons. The van der Waals surface area contributed by atoms with E-state index >= 15 is 0 Å². The van der Waals surface area contributed by atoms with E-state index in [4.69, 9.17) is 16.3 Å². The van der Waals surface area contributed by atoms with Crippen molar-refractivity contribution in [3.05, 3.63) is 28.8 Å². The fraction of sp³-hybridized carbons (Fsp3) is 0.647. The average Bonchev–Trinajstić information content (AvgIpc) is 3.31. The molecule has 3 nitrogen and oxygen atoms in total. The Labute approximate surface area is 133 Å². The Bertz CT molecular complexity index is 448. The molecule has 0 radical (unpaired) electrons. The highest BCUT2D eigenvalue weighted by molar-refractivity contribution is 6.33. The summed E-state index contributed by atoms with van der Waals surface area (Å²) in [6.45, 7) is 7.87. The summed E-state index contributed by atoms with van der Waals surface area (Å²) < 4.78 is 5.27. The third-order valence-electron chi connectivity index (χ3n) is 4.23. The Balaban J connectivity index is 2.14. The summed E-state index contributed by atoms with van der Waals surface area (Å²) >= 11 is 6.54. The first-order chi connectivity index (χ1) is 10.2. The minimum Gasteiger partial charge on any atom is -0.383 e. The Morgan fingerprint density at radius 2 is 2.19 bits per heavy atom. The van der Waals surface area contributed by atoms with Crippen LogP contribution in [0.4, 0.5) is 5.69 Å². The molecule has 1 aliphatic carbocycles. The van der Waals surface area contributed by atoms with Gasteiger partial charge in [0.1, 0.15) is 0 Å². The molecule has 1 aromatic carbocycles. The highest BCUT2D eigenvalue weighted by atomic mass is 35.5. The van der Waals surface area contributed by atoms with E-state index in [-0.39, 0.29) is 0 Å². The van der Waals surface area contributed by atoms with E-state index in [0.717, 1.165) is 42.9 Å². The first kappa shape index (κ1) is 16.6. The zero-order chi connectivity index (χ0) is 15.2. The second-order valence-electron chi connectivity index (χ2n) is 5.83. The molecule has 1 N–H and O–H groups in total. The molecule has 4 heteroatoms. The van der Waals surface area contributed by atoms with Crippen molar-refractivity contribution in [3.63, 3.8) is 0 Å². The molecule has 1 aliphatic rings. The molecular formula is C17H27ClN2O. The van der Waals surface area contributed by atoms with Gasteiger partial charge in [0.25, 0.3) is 0 Å². The van der Waals surface area contributed by atoms with Gasteiger partial charge in [-0.2, -0.15) is 0 Å². The summed E-state index contributed by atoms with van der Waals surface area (Å²) in [7, 11) is 1.75. The molecule has 0 heterocycles. The van der Waals surface area contributed by atoms with E-state index in [1.807, 2.05) is 0 Å². The molecular weight excluding hydrogens is 284 g/mol. The SMILES string of the molecule is CCNCc1ccc(N(CCOC)C(C)C2CC2)c(Cl)c1. The van der Waals surface area contributed by atoms with Gasteiger partial charge in [-0.3, -0.25) is 0 Å². The van der Waals surface area contributed by atoms with E-state index in [0.29, 0.717) is 6.04 Å². The third kappa shape index (κ3) is 4.60. The van der Waals surface area contributed by atoms with Crippen LogP contribution in [0.5, 0.6) is 0 Å². The monoisotopic (exact) mass is 310 g/mol. The Morgan fingerprint density at radius 1 is 1.43 bits per heavy atom. The summed E-state index contributed by atoms with van der Waals surface area (Å²) in [6, 6.07) is 6.93. The number of ether oxygens (including phenoxy) is 1. The Morgan fingerprint density at radius 3 is 2.76 bits per heavy atom. The molecule has 0 aliphatic heterocycles. The van der Waals surface area contributed by atoms with E-state index in [1.165, 1.54) is 18.4 Å². The first-order valence-corrected chi connectivity index (χ1v) is 8.29. The van der Waals surface area contributed by atoms with Crippen molar-refractivity contribution in [3.8, 4) is 0 Å². The van der Waals surface area contributed by atoms with Crippen molar-refractivity contribution in [1.29, 1.82) is 0 Å². The fourth-order valence-corrected chi connectivity index (χ4v) is 3.04. The van der Waals surface area contributed by atoms with Gasteiger partial charge >= 0.3 is 0 Å². The first-order valence-electron chi connectivity index (χ1n) is 7.92. The van der Waals surface area contributed by atoms with Gasteiger partial charge in [-0.05, 0) is 49.9 Å². The maximum absolute atomic E-state index is 6.54. The lowest BCUT2D eigenvalue weighted by Crippen LogP contribution is -2.37. The number of rotatable bonds is 9. The van der Waals surface area contributed by atoms with Gasteiger partial charge in [-0.15, -0.1) is 0 Å². The normalized spacial score (nSPS) is 16.0. The quantitative estimate of drug-likeness (QED) is 0.752. The van der Waals surface area contributed by atoms with Gasteiger partial charge < -0.3 is 15.0 Å². The number of methoxy groups -OCH3 is 1. The second kappa shape index (κ2) is 8.02. The molecule has 0 amide bonds. The second-order valence-corrected chi connectivity index (χ2v) is 6.24. The summed E-state index contributed by atoms with van der Waals surface area (Å²) in [4.78, 5) is 2.40. The standard InChI is InChI=1S/C17H27ClN2O/c1-4-19-12-14-5-8-17(16(18)11-14)20(9-10-21-3)13(2)15-6-7-15/h5,8,11,13,15,19H,4,6-7,9-10,12H2,1-3H3. The van der Waals surface area contributed by atoms with Crippen LogP contribution in [0.15, 0.2) is 18.2 Å². The molecule has 21 heavy (non-hydrogen) atoms. The summed E-state index contributed by atoms with van der Waals surface area (Å²) in [5.74, 6) is 0.805. The van der Waals surface area contributed by atoms with Crippen LogP contribution in [0.25, 0.3) is 0 Å². The lowest BCUT2D eigenvalue weighted by molar-refractivity contribution is 0.202. The highest BCUT2D eigenvalue weighted by Gasteiger charge is 2.32. The largest absolute Gasteiger partial charge is 0.383 e. The fourth-order valence-electron chi connectivity index (χ4n) is 2.73. The van der Waals surface area contributed by atoms with Crippen LogP contribution in [0.3, 0.4) is 0 Å². The van der Waals surface area contributed by atoms with Crippen LogP contribution in [0.2, 0.25) is 5.02 Å². The smallest absolute Gasteiger partial charge is 0.0642 e. The number of hydrogen-bond acceptors (Lipinski definition) is 3. The van der Waals surface area contributed by atoms with Crippen LogP contribution in [-0.4, -0.2) is 32.8 Å². The van der Waals surface area contributed by atoms with Crippen LogP contribution in [-0.2, 0) is 11.3 Å². The molecule has 0 spiro atoms. The van der Waals surface area contributed by atoms with Crippen molar-refractivity contribution in [2.24, 2.45) is 5.92 Å². The van der Waals surface area contributed by atoms with Gasteiger partial charge in [0, 0.05) is 26.2 Å². The van der Waals surface area contributed by atoms with Crippen molar-refractivity contribution in [2.75, 3.05) is 31.7 Å². The lowest BCUT2D eigenvalue weighted by Gasteiger charge is -2.32. The highest BCUT2D eigenvalue weighted by Crippen LogP contribution is 2.38. The Hall–Kier alpha value is -0.770. The van der Waals surface area contributed by atoms with Crippen molar-refractivity contribution in [1.82, 2.24) is 5.32 Å². The summed E-state index contributed by atoms with van der Waals surface area (Å²) in [5.41, 5.74) is 2.37. The number of hydrogen-bond donors (Lipinski definition) is 1. The van der Waals surface area contributed by atoms with Crippen LogP contribution < -0.4 is 10.2 Å². The Kier molecular flexibility index (Phi) is 6.34. The summed E-state index contributed by atoms with van der Waals surface area (Å²) in [5, 5.41) is 4.18. The predicted octanol–water partition coefficient (Wildman–Crippen LogP) is 3.70. The van der Waals surface area contributed by atoms with E-state index in [9.17, 15) is 0 Å². The molecule has 0 aromatic heterocycles. The minimum atomic E-state index is 0.525.